The van der Waals surface area contributed by atoms with Crippen molar-refractivity contribution in [3.63, 3.8) is 0 Å². The average molecular weight is 273 g/mol. The first-order valence-electron chi connectivity index (χ1n) is 5.50. The first-order chi connectivity index (χ1) is 8.69. The number of rotatable bonds is 5. The van der Waals surface area contributed by atoms with Crippen LogP contribution in [0.25, 0.3) is 0 Å². The standard InChI is InChI=1S/C12H11ClF2N2O/c13-5-1-2-12-16-11(17-18-12)6-8-3-4-9(14)7-10(8)15/h3-4,7H,1-2,5-6H2. The van der Waals surface area contributed by atoms with E-state index in [1.165, 1.54) is 12.1 Å². The second-order valence-corrected chi connectivity index (χ2v) is 4.19. The highest BCUT2D eigenvalue weighted by molar-refractivity contribution is 6.17. The Morgan fingerprint density at radius 2 is 2.11 bits per heavy atom. The average Bonchev–Trinajstić information content (AvgIpc) is 2.78. The van der Waals surface area contributed by atoms with Gasteiger partial charge < -0.3 is 4.52 Å². The third kappa shape index (κ3) is 3.26. The van der Waals surface area contributed by atoms with Gasteiger partial charge in [-0.15, -0.1) is 11.6 Å². The monoisotopic (exact) mass is 272 g/mol. The third-order valence-corrected chi connectivity index (χ3v) is 2.67. The Kier molecular flexibility index (Phi) is 4.25. The lowest BCUT2D eigenvalue weighted by molar-refractivity contribution is 0.373. The van der Waals surface area contributed by atoms with Crippen molar-refractivity contribution in [1.82, 2.24) is 10.1 Å². The fourth-order valence-corrected chi connectivity index (χ4v) is 1.65. The highest BCUT2D eigenvalue weighted by atomic mass is 35.5. The van der Waals surface area contributed by atoms with Gasteiger partial charge in [-0.25, -0.2) is 8.78 Å². The lowest BCUT2D eigenvalue weighted by Gasteiger charge is -1.98. The Hall–Kier alpha value is -1.49. The Morgan fingerprint density at radius 3 is 2.83 bits per heavy atom. The van der Waals surface area contributed by atoms with Gasteiger partial charge in [-0.1, -0.05) is 11.2 Å². The zero-order valence-electron chi connectivity index (χ0n) is 9.50. The number of alkyl halides is 1. The number of hydrogen-bond acceptors (Lipinski definition) is 3. The van der Waals surface area contributed by atoms with Crippen LogP contribution in [0.2, 0.25) is 0 Å². The Labute approximate surface area is 108 Å². The van der Waals surface area contributed by atoms with E-state index in [0.717, 1.165) is 12.5 Å². The molecule has 3 nitrogen and oxygen atoms in total. The molecule has 0 aliphatic carbocycles. The molecule has 0 aliphatic rings. The molecule has 96 valence electrons. The fraction of sp³-hybridized carbons (Fsp3) is 0.333. The Balaban J connectivity index is 2.06. The predicted octanol–water partition coefficient (Wildman–Crippen LogP) is 3.11. The normalized spacial score (nSPS) is 10.8. The summed E-state index contributed by atoms with van der Waals surface area (Å²) < 4.78 is 31.1. The lowest BCUT2D eigenvalue weighted by Crippen LogP contribution is -1.96. The molecular formula is C12H11ClF2N2O. The van der Waals surface area contributed by atoms with E-state index < -0.39 is 11.6 Å². The van der Waals surface area contributed by atoms with Gasteiger partial charge in [0.05, 0.1) is 0 Å². The maximum absolute atomic E-state index is 13.4. The molecule has 0 amide bonds. The summed E-state index contributed by atoms with van der Waals surface area (Å²) in [6.07, 6.45) is 1.52. The summed E-state index contributed by atoms with van der Waals surface area (Å²) in [5.74, 6) is 0.164. The fourth-order valence-electron chi connectivity index (χ4n) is 1.52. The van der Waals surface area contributed by atoms with Crippen molar-refractivity contribution in [2.75, 3.05) is 5.88 Å². The van der Waals surface area contributed by atoms with Gasteiger partial charge in [0.25, 0.3) is 0 Å². The maximum atomic E-state index is 13.4. The van der Waals surface area contributed by atoms with E-state index in [-0.39, 0.29) is 6.42 Å². The lowest BCUT2D eigenvalue weighted by atomic mass is 10.1. The molecule has 0 fully saturated rings. The summed E-state index contributed by atoms with van der Waals surface area (Å²) in [6, 6.07) is 3.41. The van der Waals surface area contributed by atoms with Gasteiger partial charge in [0, 0.05) is 24.8 Å². The molecule has 0 saturated carbocycles. The van der Waals surface area contributed by atoms with Crippen LogP contribution in [0.15, 0.2) is 22.7 Å². The van der Waals surface area contributed by atoms with Crippen LogP contribution in [-0.2, 0) is 12.8 Å². The highest BCUT2D eigenvalue weighted by Crippen LogP contribution is 2.13. The summed E-state index contributed by atoms with van der Waals surface area (Å²) >= 11 is 5.55. The van der Waals surface area contributed by atoms with Crippen LogP contribution in [0, 0.1) is 11.6 Å². The number of halogens is 3. The van der Waals surface area contributed by atoms with Gasteiger partial charge >= 0.3 is 0 Å². The van der Waals surface area contributed by atoms with Crippen molar-refractivity contribution in [3.05, 3.63) is 47.1 Å². The van der Waals surface area contributed by atoms with Crippen molar-refractivity contribution in [2.24, 2.45) is 0 Å². The molecule has 0 N–H and O–H groups in total. The molecule has 0 aliphatic heterocycles. The van der Waals surface area contributed by atoms with Crippen molar-refractivity contribution in [3.8, 4) is 0 Å². The molecule has 18 heavy (non-hydrogen) atoms. The van der Waals surface area contributed by atoms with Gasteiger partial charge in [0.1, 0.15) is 11.6 Å². The summed E-state index contributed by atoms with van der Waals surface area (Å²) in [5, 5.41) is 3.74. The van der Waals surface area contributed by atoms with Crippen LogP contribution >= 0.6 is 11.6 Å². The zero-order chi connectivity index (χ0) is 13.0. The van der Waals surface area contributed by atoms with Gasteiger partial charge in [-0.05, 0) is 18.1 Å². The molecule has 2 aromatic rings. The molecule has 1 aromatic heterocycles. The molecular weight excluding hydrogens is 262 g/mol. The van der Waals surface area contributed by atoms with Crippen molar-refractivity contribution in [2.45, 2.75) is 19.3 Å². The number of hydrogen-bond donors (Lipinski definition) is 0. The van der Waals surface area contributed by atoms with E-state index in [1.807, 2.05) is 0 Å². The van der Waals surface area contributed by atoms with Gasteiger partial charge in [0.2, 0.25) is 5.89 Å². The van der Waals surface area contributed by atoms with Gasteiger partial charge in [-0.2, -0.15) is 4.98 Å². The van der Waals surface area contributed by atoms with E-state index in [2.05, 4.69) is 10.1 Å². The SMILES string of the molecule is Fc1ccc(Cc2noc(CCCCl)n2)c(F)c1. The number of aromatic nitrogens is 2. The molecule has 1 aromatic carbocycles. The molecule has 0 bridgehead atoms. The second kappa shape index (κ2) is 5.91. The number of benzene rings is 1. The molecule has 2 rings (SSSR count). The van der Waals surface area contributed by atoms with Crippen LogP contribution in [0.1, 0.15) is 23.7 Å². The Morgan fingerprint density at radius 1 is 1.28 bits per heavy atom. The first kappa shape index (κ1) is 13.0. The number of nitrogens with zero attached hydrogens (tertiary/aromatic N) is 2. The molecule has 0 atom stereocenters. The van der Waals surface area contributed by atoms with E-state index in [4.69, 9.17) is 16.1 Å². The summed E-state index contributed by atoms with van der Waals surface area (Å²) in [6.45, 7) is 0. The Bertz CT molecular complexity index is 531. The second-order valence-electron chi connectivity index (χ2n) is 3.81. The van der Waals surface area contributed by atoms with Crippen LogP contribution < -0.4 is 0 Å². The minimum absolute atomic E-state index is 0.177. The summed E-state index contributed by atoms with van der Waals surface area (Å²) in [7, 11) is 0. The van der Waals surface area contributed by atoms with Gasteiger partial charge in [0.15, 0.2) is 5.82 Å². The van der Waals surface area contributed by atoms with E-state index >= 15 is 0 Å². The van der Waals surface area contributed by atoms with Crippen LogP contribution in [-0.4, -0.2) is 16.0 Å². The molecule has 0 saturated heterocycles. The molecule has 1 heterocycles. The molecule has 0 spiro atoms. The van der Waals surface area contributed by atoms with E-state index in [0.29, 0.717) is 29.6 Å². The first-order valence-corrected chi connectivity index (χ1v) is 6.04. The summed E-state index contributed by atoms with van der Waals surface area (Å²) in [4.78, 5) is 4.11. The molecule has 0 unspecified atom stereocenters. The summed E-state index contributed by atoms with van der Waals surface area (Å²) in [5.41, 5.74) is 0.334. The largest absolute Gasteiger partial charge is 0.339 e. The number of aryl methyl sites for hydroxylation is 1. The highest BCUT2D eigenvalue weighted by Gasteiger charge is 2.10. The molecule has 0 radical (unpaired) electrons. The van der Waals surface area contributed by atoms with E-state index in [1.54, 1.807) is 0 Å². The smallest absolute Gasteiger partial charge is 0.226 e. The maximum Gasteiger partial charge on any atom is 0.226 e. The minimum atomic E-state index is -0.609. The van der Waals surface area contributed by atoms with Crippen LogP contribution in [0.3, 0.4) is 0 Å². The van der Waals surface area contributed by atoms with Crippen LogP contribution in [0.5, 0.6) is 0 Å². The van der Waals surface area contributed by atoms with E-state index in [9.17, 15) is 8.78 Å². The third-order valence-electron chi connectivity index (χ3n) is 2.40. The van der Waals surface area contributed by atoms with Crippen LogP contribution in [0.4, 0.5) is 8.78 Å². The topological polar surface area (TPSA) is 38.9 Å². The van der Waals surface area contributed by atoms with Crippen molar-refractivity contribution < 1.29 is 13.3 Å². The minimum Gasteiger partial charge on any atom is -0.339 e. The molecule has 6 heteroatoms. The van der Waals surface area contributed by atoms with Crippen molar-refractivity contribution in [1.29, 1.82) is 0 Å². The quantitative estimate of drug-likeness (QED) is 0.785. The zero-order valence-corrected chi connectivity index (χ0v) is 10.3. The predicted molar refractivity (Wildman–Crippen MR) is 62.5 cm³/mol. The van der Waals surface area contributed by atoms with Crippen molar-refractivity contribution >= 4 is 11.6 Å². The van der Waals surface area contributed by atoms with Gasteiger partial charge in [-0.3, -0.25) is 0 Å².